The molecule has 2 N–H and O–H groups in total. The summed E-state index contributed by atoms with van der Waals surface area (Å²) >= 11 is 0. The first-order valence-electron chi connectivity index (χ1n) is 5.77. The van der Waals surface area contributed by atoms with Crippen LogP contribution in [0.15, 0.2) is 18.2 Å². The quantitative estimate of drug-likeness (QED) is 0.778. The van der Waals surface area contributed by atoms with Crippen LogP contribution in [0.3, 0.4) is 0 Å². The highest BCUT2D eigenvalue weighted by Gasteiger charge is 2.06. The Labute approximate surface area is 97.3 Å². The molecular formula is C13H21FN2. The minimum absolute atomic E-state index is 0.281. The molecule has 90 valence electrons. The van der Waals surface area contributed by atoms with Crippen LogP contribution in [0.2, 0.25) is 0 Å². The van der Waals surface area contributed by atoms with E-state index in [1.807, 2.05) is 7.05 Å². The molecule has 1 aromatic rings. The van der Waals surface area contributed by atoms with Crippen molar-refractivity contribution >= 4 is 11.4 Å². The highest BCUT2D eigenvalue weighted by Crippen LogP contribution is 2.23. The smallest absolute Gasteiger partial charge is 0.125 e. The van der Waals surface area contributed by atoms with Gasteiger partial charge < -0.3 is 10.6 Å². The maximum absolute atomic E-state index is 12.9. The van der Waals surface area contributed by atoms with E-state index in [4.69, 9.17) is 5.73 Å². The molecule has 0 aliphatic rings. The summed E-state index contributed by atoms with van der Waals surface area (Å²) in [5.41, 5.74) is 7.19. The van der Waals surface area contributed by atoms with Crippen LogP contribution in [0.4, 0.5) is 15.8 Å². The third-order valence-corrected chi connectivity index (χ3v) is 2.68. The summed E-state index contributed by atoms with van der Waals surface area (Å²) < 4.78 is 12.9. The maximum Gasteiger partial charge on any atom is 0.125 e. The standard InChI is InChI=1S/C13H21FN2/c1-10(2)5-4-8-16(3)13-7-6-11(14)9-12(13)15/h6-7,9-10H,4-5,8,15H2,1-3H3. The molecule has 0 spiro atoms. The molecule has 0 aliphatic heterocycles. The van der Waals surface area contributed by atoms with Crippen molar-refractivity contribution in [2.45, 2.75) is 26.7 Å². The largest absolute Gasteiger partial charge is 0.397 e. The van der Waals surface area contributed by atoms with Gasteiger partial charge in [-0.2, -0.15) is 0 Å². The fourth-order valence-electron chi connectivity index (χ4n) is 1.73. The van der Waals surface area contributed by atoms with E-state index in [0.717, 1.165) is 24.6 Å². The zero-order valence-electron chi connectivity index (χ0n) is 10.3. The molecular weight excluding hydrogens is 203 g/mol. The van der Waals surface area contributed by atoms with Crippen LogP contribution < -0.4 is 10.6 Å². The summed E-state index contributed by atoms with van der Waals surface area (Å²) in [6, 6.07) is 4.55. The van der Waals surface area contributed by atoms with Gasteiger partial charge in [-0.25, -0.2) is 4.39 Å². The molecule has 0 aromatic heterocycles. The number of nitrogens with two attached hydrogens (primary N) is 1. The van der Waals surface area contributed by atoms with Gasteiger partial charge in [-0.15, -0.1) is 0 Å². The fourth-order valence-corrected chi connectivity index (χ4v) is 1.73. The van der Waals surface area contributed by atoms with Gasteiger partial charge in [0.05, 0.1) is 11.4 Å². The van der Waals surface area contributed by atoms with Crippen LogP contribution in [0.25, 0.3) is 0 Å². The molecule has 2 nitrogen and oxygen atoms in total. The van der Waals surface area contributed by atoms with Gasteiger partial charge in [-0.1, -0.05) is 13.8 Å². The lowest BCUT2D eigenvalue weighted by atomic mass is 10.1. The molecule has 0 saturated carbocycles. The summed E-state index contributed by atoms with van der Waals surface area (Å²) in [5, 5.41) is 0. The number of benzene rings is 1. The first-order chi connectivity index (χ1) is 7.50. The van der Waals surface area contributed by atoms with Crippen molar-refractivity contribution in [2.75, 3.05) is 24.2 Å². The van der Waals surface area contributed by atoms with Gasteiger partial charge in [0, 0.05) is 13.6 Å². The lowest BCUT2D eigenvalue weighted by Crippen LogP contribution is -2.20. The molecule has 0 amide bonds. The fraction of sp³-hybridized carbons (Fsp3) is 0.538. The molecule has 0 aliphatic carbocycles. The Kier molecular flexibility index (Phi) is 4.59. The SMILES string of the molecule is CC(C)CCCN(C)c1ccc(F)cc1N. The molecule has 1 aromatic carbocycles. The normalized spacial score (nSPS) is 10.8. The van der Waals surface area contributed by atoms with Gasteiger partial charge in [0.25, 0.3) is 0 Å². The van der Waals surface area contributed by atoms with Crippen molar-refractivity contribution in [1.82, 2.24) is 0 Å². The zero-order chi connectivity index (χ0) is 12.1. The first kappa shape index (κ1) is 12.8. The highest BCUT2D eigenvalue weighted by atomic mass is 19.1. The summed E-state index contributed by atoms with van der Waals surface area (Å²) in [6.45, 7) is 5.38. The second-order valence-electron chi connectivity index (χ2n) is 4.66. The molecule has 0 radical (unpaired) electrons. The van der Waals surface area contributed by atoms with Crippen LogP contribution in [0, 0.1) is 11.7 Å². The third kappa shape index (κ3) is 3.72. The van der Waals surface area contributed by atoms with Crippen molar-refractivity contribution in [3.8, 4) is 0 Å². The van der Waals surface area contributed by atoms with E-state index in [2.05, 4.69) is 18.7 Å². The average Bonchev–Trinajstić information content (AvgIpc) is 2.16. The second kappa shape index (κ2) is 5.73. The van der Waals surface area contributed by atoms with Crippen LogP contribution >= 0.6 is 0 Å². The van der Waals surface area contributed by atoms with E-state index in [-0.39, 0.29) is 5.82 Å². The van der Waals surface area contributed by atoms with Crippen LogP contribution in [0.1, 0.15) is 26.7 Å². The topological polar surface area (TPSA) is 29.3 Å². The number of hydrogen-bond donors (Lipinski definition) is 1. The molecule has 0 heterocycles. The second-order valence-corrected chi connectivity index (χ2v) is 4.66. The van der Waals surface area contributed by atoms with Gasteiger partial charge in [-0.3, -0.25) is 0 Å². The van der Waals surface area contributed by atoms with Crippen molar-refractivity contribution in [3.05, 3.63) is 24.0 Å². The van der Waals surface area contributed by atoms with Crippen molar-refractivity contribution in [2.24, 2.45) is 5.92 Å². The van der Waals surface area contributed by atoms with E-state index in [9.17, 15) is 4.39 Å². The number of anilines is 2. The number of hydrogen-bond acceptors (Lipinski definition) is 2. The Bertz CT molecular complexity index is 337. The Balaban J connectivity index is 2.55. The van der Waals surface area contributed by atoms with Gasteiger partial charge in [0.1, 0.15) is 5.82 Å². The minimum atomic E-state index is -0.281. The van der Waals surface area contributed by atoms with Crippen molar-refractivity contribution in [3.63, 3.8) is 0 Å². The van der Waals surface area contributed by atoms with Crippen LogP contribution in [0.5, 0.6) is 0 Å². The summed E-state index contributed by atoms with van der Waals surface area (Å²) in [6.07, 6.45) is 2.33. The number of rotatable bonds is 5. The van der Waals surface area contributed by atoms with Crippen molar-refractivity contribution in [1.29, 1.82) is 0 Å². The monoisotopic (exact) mass is 224 g/mol. The molecule has 0 fully saturated rings. The molecule has 0 atom stereocenters. The van der Waals surface area contributed by atoms with E-state index >= 15 is 0 Å². The van der Waals surface area contributed by atoms with Crippen LogP contribution in [-0.2, 0) is 0 Å². The lowest BCUT2D eigenvalue weighted by Gasteiger charge is -2.21. The van der Waals surface area contributed by atoms with Crippen molar-refractivity contribution < 1.29 is 4.39 Å². The van der Waals surface area contributed by atoms with Gasteiger partial charge in [-0.05, 0) is 37.0 Å². The maximum atomic E-state index is 12.9. The van der Waals surface area contributed by atoms with E-state index in [0.29, 0.717) is 5.69 Å². The molecule has 0 bridgehead atoms. The summed E-state index contributed by atoms with van der Waals surface area (Å²) in [5.74, 6) is 0.441. The average molecular weight is 224 g/mol. The number of nitrogens with zero attached hydrogens (tertiary/aromatic N) is 1. The highest BCUT2D eigenvalue weighted by molar-refractivity contribution is 5.67. The number of halogens is 1. The molecule has 0 saturated heterocycles. The molecule has 0 unspecified atom stereocenters. The molecule has 3 heteroatoms. The first-order valence-corrected chi connectivity index (χ1v) is 5.77. The number of nitrogen functional groups attached to an aromatic ring is 1. The van der Waals surface area contributed by atoms with Crippen LogP contribution in [-0.4, -0.2) is 13.6 Å². The Morgan fingerprint density at radius 2 is 2.06 bits per heavy atom. The molecule has 16 heavy (non-hydrogen) atoms. The summed E-state index contributed by atoms with van der Waals surface area (Å²) in [7, 11) is 1.99. The Hall–Kier alpha value is -1.25. The predicted octanol–water partition coefficient (Wildman–Crippen LogP) is 3.28. The predicted molar refractivity (Wildman–Crippen MR) is 68.2 cm³/mol. The zero-order valence-corrected chi connectivity index (χ0v) is 10.3. The van der Waals surface area contributed by atoms with E-state index in [1.165, 1.54) is 18.6 Å². The van der Waals surface area contributed by atoms with E-state index in [1.54, 1.807) is 6.07 Å². The molecule has 1 rings (SSSR count). The van der Waals surface area contributed by atoms with E-state index < -0.39 is 0 Å². The third-order valence-electron chi connectivity index (χ3n) is 2.68. The van der Waals surface area contributed by atoms with Gasteiger partial charge in [0.15, 0.2) is 0 Å². The van der Waals surface area contributed by atoms with Gasteiger partial charge >= 0.3 is 0 Å². The minimum Gasteiger partial charge on any atom is -0.397 e. The Morgan fingerprint density at radius 1 is 1.38 bits per heavy atom. The lowest BCUT2D eigenvalue weighted by molar-refractivity contribution is 0.556. The van der Waals surface area contributed by atoms with Gasteiger partial charge in [0.2, 0.25) is 0 Å². The summed E-state index contributed by atoms with van der Waals surface area (Å²) in [4.78, 5) is 2.08. The Morgan fingerprint density at radius 3 is 2.62 bits per heavy atom.